The van der Waals surface area contributed by atoms with Crippen LogP contribution in [0.5, 0.6) is 5.75 Å². The average molecular weight is 425 g/mol. The number of carbonyl (C=O) groups is 1. The summed E-state index contributed by atoms with van der Waals surface area (Å²) in [5, 5.41) is 2.55. The van der Waals surface area contributed by atoms with Crippen molar-refractivity contribution < 1.29 is 26.4 Å². The van der Waals surface area contributed by atoms with Gasteiger partial charge in [-0.1, -0.05) is 12.1 Å². The first-order valence-electron chi connectivity index (χ1n) is 8.42. The molecule has 3 rings (SSSR count). The predicted molar refractivity (Wildman–Crippen MR) is 104 cm³/mol. The number of sulfonamides is 1. The number of rotatable bonds is 7. The van der Waals surface area contributed by atoms with Gasteiger partial charge in [0.05, 0.1) is 28.2 Å². The Kier molecular flexibility index (Phi) is 5.46. The zero-order valence-corrected chi connectivity index (χ0v) is 16.9. The van der Waals surface area contributed by atoms with Gasteiger partial charge in [0.25, 0.3) is 5.91 Å². The van der Waals surface area contributed by atoms with E-state index in [9.17, 15) is 21.6 Å². The Morgan fingerprint density at radius 3 is 2.36 bits per heavy atom. The lowest BCUT2D eigenvalue weighted by Gasteiger charge is -2.14. The first kappa shape index (κ1) is 20.3. The van der Waals surface area contributed by atoms with Gasteiger partial charge in [0.2, 0.25) is 10.0 Å². The summed E-state index contributed by atoms with van der Waals surface area (Å²) in [5.74, 6) is -0.445. The fourth-order valence-electron chi connectivity index (χ4n) is 2.61. The highest BCUT2D eigenvalue weighted by atomic mass is 32.2. The summed E-state index contributed by atoms with van der Waals surface area (Å²) >= 11 is 0. The zero-order valence-electron chi connectivity index (χ0n) is 15.3. The molecule has 8 nitrogen and oxygen atoms in total. The van der Waals surface area contributed by atoms with Gasteiger partial charge in [-0.2, -0.15) is 0 Å². The minimum atomic E-state index is -3.73. The predicted octanol–water partition coefficient (Wildman–Crippen LogP) is 1.79. The van der Waals surface area contributed by atoms with Crippen molar-refractivity contribution in [3.05, 3.63) is 48.0 Å². The van der Waals surface area contributed by atoms with E-state index in [0.29, 0.717) is 0 Å². The van der Waals surface area contributed by atoms with Crippen molar-refractivity contribution in [3.63, 3.8) is 0 Å². The Bertz CT molecular complexity index is 1120. The van der Waals surface area contributed by atoms with Gasteiger partial charge in [0.1, 0.15) is 5.75 Å². The summed E-state index contributed by atoms with van der Waals surface area (Å²) in [5.41, 5.74) is 0.0749. The summed E-state index contributed by atoms with van der Waals surface area (Å²) in [4.78, 5) is 12.6. The van der Waals surface area contributed by atoms with Crippen LogP contribution in [0, 0.1) is 0 Å². The number of hydrogen-bond donors (Lipinski definition) is 2. The fourth-order valence-corrected chi connectivity index (χ4v) is 4.82. The number of hydrogen-bond acceptors (Lipinski definition) is 6. The number of nitrogens with one attached hydrogen (secondary N) is 2. The third-order valence-electron chi connectivity index (χ3n) is 4.16. The third-order valence-corrected chi connectivity index (χ3v) is 6.83. The molecule has 0 aromatic heterocycles. The Balaban J connectivity index is 1.96. The lowest BCUT2D eigenvalue weighted by Crippen LogP contribution is -2.26. The number of amides is 1. The standard InChI is InChI=1S/C18H20N2O6S2/c1-26-16-10-9-13(28(24,25)20-12-7-8-12)11-15(16)19-18(21)14-5-3-4-6-17(14)27(2,22)23/h3-6,9-12,20H,7-8H2,1-2H3,(H,19,21). The Morgan fingerprint density at radius 1 is 1.07 bits per heavy atom. The number of methoxy groups -OCH3 is 1. The molecule has 0 atom stereocenters. The summed E-state index contributed by atoms with van der Waals surface area (Å²) < 4.78 is 56.5. The molecular formula is C18H20N2O6S2. The Hall–Kier alpha value is -2.43. The molecule has 0 saturated heterocycles. The molecule has 150 valence electrons. The molecule has 1 fully saturated rings. The number of carbonyl (C=O) groups excluding carboxylic acids is 1. The molecule has 0 radical (unpaired) electrons. The maximum atomic E-state index is 12.7. The van der Waals surface area contributed by atoms with E-state index in [1.54, 1.807) is 6.07 Å². The van der Waals surface area contributed by atoms with Gasteiger partial charge in [0.15, 0.2) is 9.84 Å². The van der Waals surface area contributed by atoms with Gasteiger partial charge in [-0.25, -0.2) is 21.6 Å². The number of anilines is 1. The van der Waals surface area contributed by atoms with Crippen LogP contribution in [0.25, 0.3) is 0 Å². The second kappa shape index (κ2) is 7.53. The van der Waals surface area contributed by atoms with Gasteiger partial charge in [-0.05, 0) is 43.2 Å². The number of ether oxygens (including phenoxy) is 1. The van der Waals surface area contributed by atoms with Crippen LogP contribution < -0.4 is 14.8 Å². The molecule has 1 aliphatic carbocycles. The third kappa shape index (κ3) is 4.51. The second-order valence-corrected chi connectivity index (χ2v) is 10.2. The first-order chi connectivity index (χ1) is 13.1. The summed E-state index contributed by atoms with van der Waals surface area (Å²) in [7, 11) is -5.97. The number of benzene rings is 2. The molecule has 10 heteroatoms. The largest absolute Gasteiger partial charge is 0.495 e. The topological polar surface area (TPSA) is 119 Å². The van der Waals surface area contributed by atoms with Crippen LogP contribution >= 0.6 is 0 Å². The molecule has 0 aliphatic heterocycles. The van der Waals surface area contributed by atoms with E-state index in [2.05, 4.69) is 10.0 Å². The minimum absolute atomic E-state index is 0.0214. The molecule has 0 spiro atoms. The smallest absolute Gasteiger partial charge is 0.257 e. The molecule has 1 amide bonds. The minimum Gasteiger partial charge on any atom is -0.495 e. The maximum absolute atomic E-state index is 12.7. The van der Waals surface area contributed by atoms with Gasteiger partial charge < -0.3 is 10.1 Å². The zero-order chi connectivity index (χ0) is 20.5. The number of sulfone groups is 1. The monoisotopic (exact) mass is 424 g/mol. The normalized spacial score (nSPS) is 14.5. The van der Waals surface area contributed by atoms with E-state index in [0.717, 1.165) is 19.1 Å². The second-order valence-electron chi connectivity index (χ2n) is 6.48. The van der Waals surface area contributed by atoms with Crippen LogP contribution in [0.4, 0.5) is 5.69 Å². The van der Waals surface area contributed by atoms with Crippen LogP contribution in [0.1, 0.15) is 23.2 Å². The molecular weight excluding hydrogens is 404 g/mol. The molecule has 0 heterocycles. The SMILES string of the molecule is COc1ccc(S(=O)(=O)NC2CC2)cc1NC(=O)c1ccccc1S(C)(=O)=O. The highest BCUT2D eigenvalue weighted by Gasteiger charge is 2.28. The van der Waals surface area contributed by atoms with Gasteiger partial charge in [-0.3, -0.25) is 4.79 Å². The maximum Gasteiger partial charge on any atom is 0.257 e. The molecule has 1 aliphatic rings. The van der Waals surface area contributed by atoms with E-state index in [-0.39, 0.29) is 32.8 Å². The summed E-state index contributed by atoms with van der Waals surface area (Å²) in [6.45, 7) is 0. The summed E-state index contributed by atoms with van der Waals surface area (Å²) in [6, 6.07) is 9.81. The van der Waals surface area contributed by atoms with E-state index in [1.807, 2.05) is 0 Å². The van der Waals surface area contributed by atoms with Gasteiger partial charge in [-0.15, -0.1) is 0 Å². The van der Waals surface area contributed by atoms with E-state index < -0.39 is 25.8 Å². The Morgan fingerprint density at radius 2 is 1.75 bits per heavy atom. The van der Waals surface area contributed by atoms with Crippen LogP contribution in [0.2, 0.25) is 0 Å². The molecule has 2 N–H and O–H groups in total. The molecule has 2 aromatic rings. The molecule has 0 unspecified atom stereocenters. The van der Waals surface area contributed by atoms with Crippen molar-refractivity contribution in [1.29, 1.82) is 0 Å². The van der Waals surface area contributed by atoms with E-state index in [4.69, 9.17) is 4.74 Å². The van der Waals surface area contributed by atoms with Crippen molar-refractivity contribution in [2.45, 2.75) is 28.7 Å². The summed E-state index contributed by atoms with van der Waals surface area (Å²) in [6.07, 6.45) is 2.60. The molecule has 2 aromatic carbocycles. The highest BCUT2D eigenvalue weighted by molar-refractivity contribution is 7.90. The lowest BCUT2D eigenvalue weighted by molar-refractivity contribution is 0.102. The van der Waals surface area contributed by atoms with Gasteiger partial charge in [0, 0.05) is 12.3 Å². The van der Waals surface area contributed by atoms with Crippen LogP contribution in [-0.4, -0.2) is 42.2 Å². The average Bonchev–Trinajstić information content (AvgIpc) is 3.44. The van der Waals surface area contributed by atoms with Crippen LogP contribution in [-0.2, 0) is 19.9 Å². The fraction of sp³-hybridized carbons (Fsp3) is 0.278. The van der Waals surface area contributed by atoms with Gasteiger partial charge >= 0.3 is 0 Å². The van der Waals surface area contributed by atoms with Crippen molar-refractivity contribution in [2.24, 2.45) is 0 Å². The van der Waals surface area contributed by atoms with Crippen molar-refractivity contribution in [3.8, 4) is 5.75 Å². The Labute approximate surface area is 163 Å². The molecule has 0 bridgehead atoms. The van der Waals surface area contributed by atoms with Crippen molar-refractivity contribution in [2.75, 3.05) is 18.7 Å². The van der Waals surface area contributed by atoms with E-state index in [1.165, 1.54) is 43.5 Å². The quantitative estimate of drug-likeness (QED) is 0.700. The van der Waals surface area contributed by atoms with Crippen LogP contribution in [0.3, 0.4) is 0 Å². The lowest BCUT2D eigenvalue weighted by atomic mass is 10.2. The van der Waals surface area contributed by atoms with E-state index >= 15 is 0 Å². The van der Waals surface area contributed by atoms with Crippen LogP contribution in [0.15, 0.2) is 52.3 Å². The molecule has 28 heavy (non-hydrogen) atoms. The first-order valence-corrected chi connectivity index (χ1v) is 11.8. The highest BCUT2D eigenvalue weighted by Crippen LogP contribution is 2.30. The molecule has 1 saturated carbocycles. The van der Waals surface area contributed by atoms with Crippen molar-refractivity contribution >= 4 is 31.5 Å². The van der Waals surface area contributed by atoms with Crippen molar-refractivity contribution in [1.82, 2.24) is 4.72 Å².